The third kappa shape index (κ3) is 2.45. The molecule has 0 atom stereocenters. The molecule has 4 nitrogen and oxygen atoms in total. The van der Waals surface area contributed by atoms with Crippen molar-refractivity contribution in [3.63, 3.8) is 0 Å². The summed E-state index contributed by atoms with van der Waals surface area (Å²) in [5.74, 6) is 0.881. The summed E-state index contributed by atoms with van der Waals surface area (Å²) in [6, 6.07) is 0. The maximum Gasteiger partial charge on any atom is 0.151 e. The maximum atomic E-state index is 5.64. The molecule has 0 saturated heterocycles. The second kappa shape index (κ2) is 4.57. The quantitative estimate of drug-likeness (QED) is 0.816. The molecule has 0 amide bonds. The van der Waals surface area contributed by atoms with Crippen LogP contribution >= 0.6 is 0 Å². The highest BCUT2D eigenvalue weighted by Crippen LogP contribution is 2.24. The van der Waals surface area contributed by atoms with Crippen LogP contribution < -0.4 is 10.6 Å². The molecule has 1 rings (SSSR count). The fourth-order valence-corrected chi connectivity index (χ4v) is 1.31. The summed E-state index contributed by atoms with van der Waals surface area (Å²) in [5, 5.41) is 0. The SMILES string of the molecule is CCC(C)(C)N(C)c1nccnc1CN. The number of nitrogens with zero attached hydrogens (tertiary/aromatic N) is 3. The zero-order valence-electron chi connectivity index (χ0n) is 9.99. The molecular weight excluding hydrogens is 188 g/mol. The van der Waals surface area contributed by atoms with E-state index in [-0.39, 0.29) is 5.54 Å². The van der Waals surface area contributed by atoms with Crippen LogP contribution in [0.2, 0.25) is 0 Å². The Bertz CT molecular complexity index is 322. The second-order valence-electron chi connectivity index (χ2n) is 4.26. The topological polar surface area (TPSA) is 55.0 Å². The zero-order valence-corrected chi connectivity index (χ0v) is 9.99. The van der Waals surface area contributed by atoms with E-state index in [1.165, 1.54) is 0 Å². The van der Waals surface area contributed by atoms with E-state index >= 15 is 0 Å². The number of nitrogens with two attached hydrogens (primary N) is 1. The van der Waals surface area contributed by atoms with Crippen molar-refractivity contribution in [1.29, 1.82) is 0 Å². The summed E-state index contributed by atoms with van der Waals surface area (Å²) >= 11 is 0. The van der Waals surface area contributed by atoms with Crippen LogP contribution in [0.4, 0.5) is 5.82 Å². The average molecular weight is 208 g/mol. The van der Waals surface area contributed by atoms with Crippen LogP contribution in [0, 0.1) is 0 Å². The molecule has 0 aliphatic rings. The minimum atomic E-state index is 0.0694. The molecule has 0 unspecified atom stereocenters. The highest BCUT2D eigenvalue weighted by atomic mass is 15.2. The summed E-state index contributed by atoms with van der Waals surface area (Å²) < 4.78 is 0. The largest absolute Gasteiger partial charge is 0.353 e. The first-order valence-electron chi connectivity index (χ1n) is 5.26. The van der Waals surface area contributed by atoms with Crippen molar-refractivity contribution in [2.45, 2.75) is 39.3 Å². The molecule has 0 fully saturated rings. The number of aromatic nitrogens is 2. The molecule has 0 radical (unpaired) electrons. The summed E-state index contributed by atoms with van der Waals surface area (Å²) in [5.41, 5.74) is 6.56. The van der Waals surface area contributed by atoms with Gasteiger partial charge in [0.05, 0.1) is 5.69 Å². The minimum Gasteiger partial charge on any atom is -0.353 e. The van der Waals surface area contributed by atoms with Gasteiger partial charge in [-0.1, -0.05) is 6.92 Å². The maximum absolute atomic E-state index is 5.64. The van der Waals surface area contributed by atoms with Gasteiger partial charge in [0.25, 0.3) is 0 Å². The van der Waals surface area contributed by atoms with Crippen LogP contribution in [0.25, 0.3) is 0 Å². The molecule has 4 heteroatoms. The second-order valence-corrected chi connectivity index (χ2v) is 4.26. The van der Waals surface area contributed by atoms with E-state index in [1.54, 1.807) is 12.4 Å². The number of anilines is 1. The predicted octanol–water partition coefficient (Wildman–Crippen LogP) is 1.56. The Morgan fingerprint density at radius 1 is 1.33 bits per heavy atom. The van der Waals surface area contributed by atoms with E-state index in [1.807, 2.05) is 7.05 Å². The lowest BCUT2D eigenvalue weighted by Crippen LogP contribution is -2.41. The Hall–Kier alpha value is -1.16. The number of hydrogen-bond donors (Lipinski definition) is 1. The van der Waals surface area contributed by atoms with Crippen LogP contribution in [0.5, 0.6) is 0 Å². The Balaban J connectivity index is 3.05. The fourth-order valence-electron chi connectivity index (χ4n) is 1.31. The average Bonchev–Trinajstić information content (AvgIpc) is 2.28. The van der Waals surface area contributed by atoms with Gasteiger partial charge < -0.3 is 10.6 Å². The van der Waals surface area contributed by atoms with E-state index in [4.69, 9.17) is 5.73 Å². The molecule has 1 aromatic heterocycles. The van der Waals surface area contributed by atoms with Crippen molar-refractivity contribution in [3.8, 4) is 0 Å². The van der Waals surface area contributed by atoms with Crippen molar-refractivity contribution in [3.05, 3.63) is 18.1 Å². The molecule has 0 aliphatic carbocycles. The normalized spacial score (nSPS) is 11.5. The monoisotopic (exact) mass is 208 g/mol. The first kappa shape index (κ1) is 11.9. The van der Waals surface area contributed by atoms with Crippen molar-refractivity contribution in [1.82, 2.24) is 9.97 Å². The Labute approximate surface area is 91.5 Å². The van der Waals surface area contributed by atoms with E-state index in [9.17, 15) is 0 Å². The zero-order chi connectivity index (χ0) is 11.5. The summed E-state index contributed by atoms with van der Waals surface area (Å²) in [7, 11) is 2.03. The molecule has 0 aliphatic heterocycles. The lowest BCUT2D eigenvalue weighted by molar-refractivity contribution is 0.465. The molecule has 15 heavy (non-hydrogen) atoms. The van der Waals surface area contributed by atoms with Crippen LogP contribution in [-0.2, 0) is 6.54 Å². The van der Waals surface area contributed by atoms with Crippen LogP contribution in [0.1, 0.15) is 32.9 Å². The molecule has 84 valence electrons. The van der Waals surface area contributed by atoms with Crippen molar-refractivity contribution >= 4 is 5.82 Å². The highest BCUT2D eigenvalue weighted by molar-refractivity contribution is 5.44. The van der Waals surface area contributed by atoms with Gasteiger partial charge in [-0.2, -0.15) is 0 Å². The van der Waals surface area contributed by atoms with Crippen LogP contribution in [0.15, 0.2) is 12.4 Å². The third-order valence-corrected chi connectivity index (χ3v) is 3.04. The number of rotatable bonds is 4. The molecule has 0 spiro atoms. The molecular formula is C11H20N4. The molecule has 1 heterocycles. The summed E-state index contributed by atoms with van der Waals surface area (Å²) in [6.07, 6.45) is 4.43. The summed E-state index contributed by atoms with van der Waals surface area (Å²) in [6.45, 7) is 6.95. The lowest BCUT2D eigenvalue weighted by Gasteiger charge is -2.36. The highest BCUT2D eigenvalue weighted by Gasteiger charge is 2.24. The van der Waals surface area contributed by atoms with Gasteiger partial charge in [0.2, 0.25) is 0 Å². The summed E-state index contributed by atoms with van der Waals surface area (Å²) in [4.78, 5) is 10.7. The van der Waals surface area contributed by atoms with E-state index < -0.39 is 0 Å². The molecule has 0 aromatic carbocycles. The Morgan fingerprint density at radius 2 is 1.93 bits per heavy atom. The van der Waals surface area contributed by atoms with E-state index in [2.05, 4.69) is 35.6 Å². The standard InChI is InChI=1S/C11H20N4/c1-5-11(2,3)15(4)10-9(8-12)13-6-7-14-10/h6-7H,5,8,12H2,1-4H3. The lowest BCUT2D eigenvalue weighted by atomic mass is 10.00. The van der Waals surface area contributed by atoms with Crippen LogP contribution in [-0.4, -0.2) is 22.6 Å². The van der Waals surface area contributed by atoms with Gasteiger partial charge in [-0.25, -0.2) is 4.98 Å². The van der Waals surface area contributed by atoms with Gasteiger partial charge in [0.1, 0.15) is 0 Å². The third-order valence-electron chi connectivity index (χ3n) is 3.04. The van der Waals surface area contributed by atoms with Crippen molar-refractivity contribution in [2.75, 3.05) is 11.9 Å². The van der Waals surface area contributed by atoms with Crippen molar-refractivity contribution in [2.24, 2.45) is 5.73 Å². The first-order chi connectivity index (χ1) is 7.03. The van der Waals surface area contributed by atoms with Crippen LogP contribution in [0.3, 0.4) is 0 Å². The molecule has 0 bridgehead atoms. The Kier molecular flexibility index (Phi) is 3.63. The molecule has 0 saturated carbocycles. The van der Waals surface area contributed by atoms with Gasteiger partial charge in [-0.15, -0.1) is 0 Å². The molecule has 1 aromatic rings. The minimum absolute atomic E-state index is 0.0694. The Morgan fingerprint density at radius 3 is 2.47 bits per heavy atom. The van der Waals surface area contributed by atoms with Gasteiger partial charge in [0.15, 0.2) is 5.82 Å². The van der Waals surface area contributed by atoms with E-state index in [0.717, 1.165) is 17.9 Å². The van der Waals surface area contributed by atoms with Gasteiger partial charge in [-0.3, -0.25) is 4.98 Å². The van der Waals surface area contributed by atoms with Gasteiger partial charge >= 0.3 is 0 Å². The first-order valence-corrected chi connectivity index (χ1v) is 5.26. The fraction of sp³-hybridized carbons (Fsp3) is 0.636. The smallest absolute Gasteiger partial charge is 0.151 e. The molecule has 2 N–H and O–H groups in total. The van der Waals surface area contributed by atoms with Gasteiger partial charge in [-0.05, 0) is 20.3 Å². The van der Waals surface area contributed by atoms with E-state index in [0.29, 0.717) is 6.54 Å². The van der Waals surface area contributed by atoms with Crippen molar-refractivity contribution < 1.29 is 0 Å². The van der Waals surface area contributed by atoms with Gasteiger partial charge in [0, 0.05) is 31.5 Å². The predicted molar refractivity (Wildman–Crippen MR) is 62.7 cm³/mol. The number of hydrogen-bond acceptors (Lipinski definition) is 4.